The first-order valence-electron chi connectivity index (χ1n) is 6.15. The Balaban J connectivity index is 2.08. The van der Waals surface area contributed by atoms with Gasteiger partial charge in [-0.05, 0) is 24.3 Å². The zero-order valence-corrected chi connectivity index (χ0v) is 12.9. The third-order valence-corrected chi connectivity index (χ3v) is 3.87. The standard InChI is InChI=1S/C16H11BrClNO/c17-10-12-9-11-5-1-3-7-14(11)19-16(12)20-15-8-4-2-6-13(15)18/h1-9H,10H2. The molecule has 1 heterocycles. The van der Waals surface area contributed by atoms with Crippen LogP contribution in [0.3, 0.4) is 0 Å². The van der Waals surface area contributed by atoms with Gasteiger partial charge >= 0.3 is 0 Å². The van der Waals surface area contributed by atoms with Crippen LogP contribution in [0.1, 0.15) is 5.56 Å². The van der Waals surface area contributed by atoms with Gasteiger partial charge in [0, 0.05) is 16.3 Å². The molecule has 4 heteroatoms. The van der Waals surface area contributed by atoms with E-state index in [9.17, 15) is 0 Å². The summed E-state index contributed by atoms with van der Waals surface area (Å²) in [4.78, 5) is 4.57. The smallest absolute Gasteiger partial charge is 0.223 e. The summed E-state index contributed by atoms with van der Waals surface area (Å²) in [6, 6.07) is 17.4. The minimum Gasteiger partial charge on any atom is -0.437 e. The van der Waals surface area contributed by atoms with E-state index in [1.807, 2.05) is 42.5 Å². The SMILES string of the molecule is Clc1ccccc1Oc1nc2ccccc2cc1CBr. The van der Waals surface area contributed by atoms with E-state index in [2.05, 4.69) is 27.0 Å². The van der Waals surface area contributed by atoms with Gasteiger partial charge in [0.2, 0.25) is 5.88 Å². The van der Waals surface area contributed by atoms with Crippen LogP contribution in [0.2, 0.25) is 5.02 Å². The quantitative estimate of drug-likeness (QED) is 0.577. The highest BCUT2D eigenvalue weighted by Gasteiger charge is 2.10. The zero-order chi connectivity index (χ0) is 13.9. The molecule has 3 aromatic rings. The molecule has 0 atom stereocenters. The second kappa shape index (κ2) is 5.81. The summed E-state index contributed by atoms with van der Waals surface area (Å²) < 4.78 is 5.87. The summed E-state index contributed by atoms with van der Waals surface area (Å²) in [5.41, 5.74) is 1.89. The molecule has 0 bridgehead atoms. The number of hydrogen-bond acceptors (Lipinski definition) is 2. The molecular weight excluding hydrogens is 338 g/mol. The van der Waals surface area contributed by atoms with Gasteiger partial charge in [-0.25, -0.2) is 4.98 Å². The number of fused-ring (bicyclic) bond motifs is 1. The molecule has 0 aliphatic heterocycles. The number of pyridine rings is 1. The van der Waals surface area contributed by atoms with Crippen LogP contribution in [0.5, 0.6) is 11.6 Å². The van der Waals surface area contributed by atoms with Gasteiger partial charge in [0.25, 0.3) is 0 Å². The van der Waals surface area contributed by atoms with E-state index in [1.165, 1.54) is 0 Å². The van der Waals surface area contributed by atoms with E-state index in [1.54, 1.807) is 6.07 Å². The Labute approximate surface area is 130 Å². The normalized spacial score (nSPS) is 10.7. The van der Waals surface area contributed by atoms with Gasteiger partial charge in [0.15, 0.2) is 0 Å². The lowest BCUT2D eigenvalue weighted by Crippen LogP contribution is -1.94. The van der Waals surface area contributed by atoms with Crippen molar-refractivity contribution in [2.45, 2.75) is 5.33 Å². The number of nitrogens with zero attached hydrogens (tertiary/aromatic N) is 1. The maximum absolute atomic E-state index is 6.12. The van der Waals surface area contributed by atoms with E-state index >= 15 is 0 Å². The van der Waals surface area contributed by atoms with E-state index in [4.69, 9.17) is 16.3 Å². The molecule has 0 radical (unpaired) electrons. The summed E-state index contributed by atoms with van der Waals surface area (Å²) in [5, 5.41) is 2.33. The topological polar surface area (TPSA) is 22.1 Å². The fourth-order valence-electron chi connectivity index (χ4n) is 1.96. The summed E-state index contributed by atoms with van der Waals surface area (Å²) >= 11 is 9.60. The first kappa shape index (κ1) is 13.4. The zero-order valence-electron chi connectivity index (χ0n) is 10.5. The number of halogens is 2. The van der Waals surface area contributed by atoms with Crippen molar-refractivity contribution in [1.82, 2.24) is 4.98 Å². The third-order valence-electron chi connectivity index (χ3n) is 2.95. The molecule has 0 saturated carbocycles. The van der Waals surface area contributed by atoms with Crippen molar-refractivity contribution in [2.24, 2.45) is 0 Å². The molecular formula is C16H11BrClNO. The molecule has 100 valence electrons. The second-order valence-electron chi connectivity index (χ2n) is 4.31. The number of ether oxygens (including phenoxy) is 1. The second-order valence-corrected chi connectivity index (χ2v) is 5.28. The van der Waals surface area contributed by atoms with Gasteiger partial charge in [0.05, 0.1) is 10.5 Å². The molecule has 0 spiro atoms. The van der Waals surface area contributed by atoms with Crippen LogP contribution < -0.4 is 4.74 Å². The van der Waals surface area contributed by atoms with Crippen LogP contribution in [-0.4, -0.2) is 4.98 Å². The van der Waals surface area contributed by atoms with E-state index in [0.717, 1.165) is 16.5 Å². The maximum atomic E-state index is 6.12. The summed E-state index contributed by atoms with van der Waals surface area (Å²) in [5.74, 6) is 1.19. The molecule has 0 saturated heterocycles. The van der Waals surface area contributed by atoms with E-state index < -0.39 is 0 Å². The summed E-state index contributed by atoms with van der Waals surface area (Å²) in [6.45, 7) is 0. The largest absolute Gasteiger partial charge is 0.437 e. The predicted octanol–water partition coefficient (Wildman–Crippen LogP) is 5.58. The van der Waals surface area contributed by atoms with Crippen LogP contribution in [0.15, 0.2) is 54.6 Å². The van der Waals surface area contributed by atoms with E-state index in [-0.39, 0.29) is 0 Å². The van der Waals surface area contributed by atoms with Crippen molar-refractivity contribution in [1.29, 1.82) is 0 Å². The first-order chi connectivity index (χ1) is 9.78. The number of aromatic nitrogens is 1. The Bertz CT molecular complexity index is 760. The number of alkyl halides is 1. The monoisotopic (exact) mass is 347 g/mol. The van der Waals surface area contributed by atoms with Crippen LogP contribution in [0, 0.1) is 0 Å². The molecule has 2 aromatic carbocycles. The van der Waals surface area contributed by atoms with Crippen LogP contribution >= 0.6 is 27.5 Å². The van der Waals surface area contributed by atoms with E-state index in [0.29, 0.717) is 22.0 Å². The fourth-order valence-corrected chi connectivity index (χ4v) is 2.53. The number of para-hydroxylation sites is 2. The minimum atomic E-state index is 0.572. The average Bonchev–Trinajstić information content (AvgIpc) is 2.49. The highest BCUT2D eigenvalue weighted by atomic mass is 79.9. The lowest BCUT2D eigenvalue weighted by Gasteiger charge is -2.11. The van der Waals surface area contributed by atoms with Crippen molar-refractivity contribution in [3.63, 3.8) is 0 Å². The van der Waals surface area contributed by atoms with Crippen molar-refractivity contribution < 1.29 is 4.74 Å². The number of rotatable bonds is 3. The van der Waals surface area contributed by atoms with Crippen LogP contribution in [0.25, 0.3) is 10.9 Å². The van der Waals surface area contributed by atoms with Crippen LogP contribution in [0.4, 0.5) is 0 Å². The number of benzene rings is 2. The van der Waals surface area contributed by atoms with Crippen LogP contribution in [-0.2, 0) is 5.33 Å². The van der Waals surface area contributed by atoms with Crippen molar-refractivity contribution in [2.75, 3.05) is 0 Å². The maximum Gasteiger partial charge on any atom is 0.223 e. The molecule has 0 N–H and O–H groups in total. The predicted molar refractivity (Wildman–Crippen MR) is 85.9 cm³/mol. The Morgan fingerprint density at radius 2 is 1.80 bits per heavy atom. The lowest BCUT2D eigenvalue weighted by molar-refractivity contribution is 0.461. The minimum absolute atomic E-state index is 0.572. The third kappa shape index (κ3) is 2.65. The molecule has 2 nitrogen and oxygen atoms in total. The highest BCUT2D eigenvalue weighted by Crippen LogP contribution is 2.32. The molecule has 0 unspecified atom stereocenters. The van der Waals surface area contributed by atoms with Crippen molar-refractivity contribution in [3.05, 3.63) is 65.2 Å². The molecule has 3 rings (SSSR count). The van der Waals surface area contributed by atoms with Gasteiger partial charge in [-0.3, -0.25) is 0 Å². The number of hydrogen-bond donors (Lipinski definition) is 0. The van der Waals surface area contributed by atoms with Gasteiger partial charge in [-0.15, -0.1) is 0 Å². The molecule has 0 amide bonds. The average molecular weight is 349 g/mol. The van der Waals surface area contributed by atoms with Crippen molar-refractivity contribution in [3.8, 4) is 11.6 Å². The Hall–Kier alpha value is -1.58. The molecule has 20 heavy (non-hydrogen) atoms. The Morgan fingerprint density at radius 3 is 2.60 bits per heavy atom. The lowest BCUT2D eigenvalue weighted by atomic mass is 10.2. The highest BCUT2D eigenvalue weighted by molar-refractivity contribution is 9.08. The summed E-state index contributed by atoms with van der Waals surface area (Å²) in [6.07, 6.45) is 0. The van der Waals surface area contributed by atoms with Gasteiger partial charge in [0.1, 0.15) is 5.75 Å². The molecule has 0 aliphatic rings. The molecule has 0 aliphatic carbocycles. The summed E-state index contributed by atoms with van der Waals surface area (Å²) in [7, 11) is 0. The molecule has 0 fully saturated rings. The molecule has 1 aromatic heterocycles. The Morgan fingerprint density at radius 1 is 1.05 bits per heavy atom. The first-order valence-corrected chi connectivity index (χ1v) is 7.65. The van der Waals surface area contributed by atoms with Gasteiger partial charge < -0.3 is 4.74 Å². The Kier molecular flexibility index (Phi) is 3.90. The fraction of sp³-hybridized carbons (Fsp3) is 0.0625. The van der Waals surface area contributed by atoms with Gasteiger partial charge in [-0.1, -0.05) is 57.9 Å². The van der Waals surface area contributed by atoms with Gasteiger partial charge in [-0.2, -0.15) is 0 Å². The van der Waals surface area contributed by atoms with Crippen molar-refractivity contribution >= 4 is 38.4 Å².